The van der Waals surface area contributed by atoms with Crippen LogP contribution in [0, 0.1) is 0 Å². The molecule has 2 rings (SSSR count). The van der Waals surface area contributed by atoms with Gasteiger partial charge in [0.25, 0.3) is 0 Å². The lowest BCUT2D eigenvalue weighted by Crippen LogP contribution is -2.29. The van der Waals surface area contributed by atoms with Crippen molar-refractivity contribution in [2.75, 3.05) is 7.11 Å². The summed E-state index contributed by atoms with van der Waals surface area (Å²) in [4.78, 5) is 1.01. The van der Waals surface area contributed by atoms with Crippen LogP contribution in [0.3, 0.4) is 0 Å². The van der Waals surface area contributed by atoms with E-state index >= 15 is 0 Å². The Morgan fingerprint density at radius 3 is 2.95 bits per heavy atom. The third kappa shape index (κ3) is 2.87. The normalized spacial score (nSPS) is 12.4. The average molecular weight is 299 g/mol. The first-order valence-corrected chi connectivity index (χ1v) is 6.97. The number of aryl methyl sites for hydroxylation is 1. The maximum absolute atomic E-state index is 6.03. The lowest BCUT2D eigenvalue weighted by atomic mass is 10.0. The van der Waals surface area contributed by atoms with Gasteiger partial charge in [0.2, 0.25) is 0 Å². The maximum atomic E-state index is 6.03. The molecule has 0 aliphatic rings. The fourth-order valence-corrected chi connectivity index (χ4v) is 2.88. The van der Waals surface area contributed by atoms with Gasteiger partial charge in [-0.2, -0.15) is 0 Å². The molecule has 0 amide bonds. The lowest BCUT2D eigenvalue weighted by molar-refractivity contribution is 0.414. The van der Waals surface area contributed by atoms with E-state index in [1.165, 1.54) is 11.5 Å². The van der Waals surface area contributed by atoms with Crippen LogP contribution < -0.4 is 16.0 Å². The highest BCUT2D eigenvalue weighted by atomic mass is 35.5. The van der Waals surface area contributed by atoms with Crippen molar-refractivity contribution in [2.45, 2.75) is 19.4 Å². The molecule has 0 saturated carbocycles. The molecule has 0 radical (unpaired) electrons. The van der Waals surface area contributed by atoms with Crippen LogP contribution in [0.15, 0.2) is 18.2 Å². The molecule has 2 aromatic rings. The number of methoxy groups -OCH3 is 1. The van der Waals surface area contributed by atoms with Crippen LogP contribution in [-0.4, -0.2) is 16.7 Å². The Kier molecular flexibility index (Phi) is 4.71. The standard InChI is InChI=1S/C12H15ClN4OS/c1-3-9-12(19-17-16-9)11(15-14)7-4-5-8(13)10(6-7)18-2/h4-6,11,15H,3,14H2,1-2H3. The van der Waals surface area contributed by atoms with Crippen LogP contribution in [0.1, 0.15) is 29.1 Å². The Morgan fingerprint density at radius 1 is 1.53 bits per heavy atom. The van der Waals surface area contributed by atoms with Gasteiger partial charge in [0.05, 0.1) is 28.7 Å². The van der Waals surface area contributed by atoms with Gasteiger partial charge in [-0.25, -0.2) is 5.43 Å². The smallest absolute Gasteiger partial charge is 0.137 e. The van der Waals surface area contributed by atoms with Crippen molar-refractivity contribution in [3.05, 3.63) is 39.4 Å². The number of hydrogen-bond donors (Lipinski definition) is 2. The van der Waals surface area contributed by atoms with Gasteiger partial charge in [-0.1, -0.05) is 29.1 Å². The van der Waals surface area contributed by atoms with E-state index in [0.29, 0.717) is 10.8 Å². The first kappa shape index (κ1) is 14.2. The summed E-state index contributed by atoms with van der Waals surface area (Å²) in [6.07, 6.45) is 0.814. The second kappa shape index (κ2) is 6.29. The fourth-order valence-electron chi connectivity index (χ4n) is 1.86. The van der Waals surface area contributed by atoms with E-state index in [4.69, 9.17) is 22.2 Å². The van der Waals surface area contributed by atoms with Crippen molar-refractivity contribution in [3.63, 3.8) is 0 Å². The summed E-state index contributed by atoms with van der Waals surface area (Å²) >= 11 is 7.37. The molecule has 1 aromatic carbocycles. The molecular weight excluding hydrogens is 284 g/mol. The van der Waals surface area contributed by atoms with Crippen molar-refractivity contribution in [2.24, 2.45) is 5.84 Å². The summed E-state index contributed by atoms with van der Waals surface area (Å²) in [6, 6.07) is 5.40. The minimum absolute atomic E-state index is 0.166. The molecule has 0 spiro atoms. The zero-order chi connectivity index (χ0) is 13.8. The fraction of sp³-hybridized carbons (Fsp3) is 0.333. The Balaban J connectivity index is 2.42. The molecule has 5 nitrogen and oxygen atoms in total. The summed E-state index contributed by atoms with van der Waals surface area (Å²) < 4.78 is 9.21. The Morgan fingerprint density at radius 2 is 2.32 bits per heavy atom. The molecule has 1 unspecified atom stereocenters. The van der Waals surface area contributed by atoms with E-state index in [1.54, 1.807) is 13.2 Å². The molecule has 7 heteroatoms. The van der Waals surface area contributed by atoms with E-state index in [0.717, 1.165) is 22.6 Å². The third-order valence-corrected chi connectivity index (χ3v) is 4.00. The topological polar surface area (TPSA) is 73.1 Å². The number of nitrogens with zero attached hydrogens (tertiary/aromatic N) is 2. The average Bonchev–Trinajstić information content (AvgIpc) is 2.89. The summed E-state index contributed by atoms with van der Waals surface area (Å²) in [7, 11) is 1.58. The number of rotatable bonds is 5. The van der Waals surface area contributed by atoms with Crippen LogP contribution in [0.25, 0.3) is 0 Å². The van der Waals surface area contributed by atoms with Crippen LogP contribution in [0.5, 0.6) is 5.75 Å². The zero-order valence-corrected chi connectivity index (χ0v) is 12.3. The van der Waals surface area contributed by atoms with Gasteiger partial charge in [-0.05, 0) is 35.6 Å². The molecule has 0 fully saturated rings. The SMILES string of the molecule is CCc1nnsc1C(NN)c1ccc(Cl)c(OC)c1. The second-order valence-corrected chi connectivity index (χ2v) is 5.12. The van der Waals surface area contributed by atoms with Gasteiger partial charge >= 0.3 is 0 Å². The van der Waals surface area contributed by atoms with Crippen LogP contribution >= 0.6 is 23.1 Å². The van der Waals surface area contributed by atoms with Gasteiger partial charge in [-0.3, -0.25) is 5.84 Å². The van der Waals surface area contributed by atoms with Crippen molar-refractivity contribution in [1.82, 2.24) is 15.0 Å². The molecule has 0 aliphatic carbocycles. The van der Waals surface area contributed by atoms with Crippen LogP contribution in [0.4, 0.5) is 0 Å². The number of benzene rings is 1. The van der Waals surface area contributed by atoms with Gasteiger partial charge < -0.3 is 4.74 Å². The maximum Gasteiger partial charge on any atom is 0.137 e. The number of ether oxygens (including phenoxy) is 1. The largest absolute Gasteiger partial charge is 0.495 e. The minimum atomic E-state index is -0.166. The van der Waals surface area contributed by atoms with Gasteiger partial charge in [0, 0.05) is 0 Å². The zero-order valence-electron chi connectivity index (χ0n) is 10.7. The van der Waals surface area contributed by atoms with E-state index in [2.05, 4.69) is 15.0 Å². The number of nitrogens with two attached hydrogens (primary N) is 1. The predicted octanol–water partition coefficient (Wildman–Crippen LogP) is 2.32. The molecular formula is C12H15ClN4OS. The highest BCUT2D eigenvalue weighted by Gasteiger charge is 2.20. The van der Waals surface area contributed by atoms with E-state index < -0.39 is 0 Å². The van der Waals surface area contributed by atoms with Gasteiger partial charge in [0.1, 0.15) is 5.75 Å². The quantitative estimate of drug-likeness (QED) is 0.654. The Bertz CT molecular complexity index is 560. The summed E-state index contributed by atoms with van der Waals surface area (Å²) in [5, 5.41) is 4.67. The van der Waals surface area contributed by atoms with Gasteiger partial charge in [-0.15, -0.1) is 5.10 Å². The first-order valence-electron chi connectivity index (χ1n) is 5.82. The molecule has 102 valence electrons. The third-order valence-electron chi connectivity index (χ3n) is 2.86. The van der Waals surface area contributed by atoms with E-state index in [-0.39, 0.29) is 6.04 Å². The van der Waals surface area contributed by atoms with Crippen LogP contribution in [-0.2, 0) is 6.42 Å². The molecule has 0 saturated heterocycles. The minimum Gasteiger partial charge on any atom is -0.495 e. The molecule has 0 aliphatic heterocycles. The lowest BCUT2D eigenvalue weighted by Gasteiger charge is -2.16. The van der Waals surface area contributed by atoms with Crippen LogP contribution in [0.2, 0.25) is 5.02 Å². The summed E-state index contributed by atoms with van der Waals surface area (Å²) in [6.45, 7) is 2.04. The number of halogens is 1. The molecule has 3 N–H and O–H groups in total. The number of nitrogens with one attached hydrogen (secondary N) is 1. The molecule has 0 bridgehead atoms. The van der Waals surface area contributed by atoms with E-state index in [1.807, 2.05) is 19.1 Å². The van der Waals surface area contributed by atoms with Crippen molar-refractivity contribution in [1.29, 1.82) is 0 Å². The molecule has 1 atom stereocenters. The molecule has 1 aromatic heterocycles. The summed E-state index contributed by atoms with van der Waals surface area (Å²) in [5.41, 5.74) is 4.71. The Labute approximate surface area is 120 Å². The monoisotopic (exact) mass is 298 g/mol. The first-order chi connectivity index (χ1) is 9.21. The molecule has 1 heterocycles. The number of aromatic nitrogens is 2. The van der Waals surface area contributed by atoms with E-state index in [9.17, 15) is 0 Å². The van der Waals surface area contributed by atoms with Crippen molar-refractivity contribution >= 4 is 23.1 Å². The van der Waals surface area contributed by atoms with Gasteiger partial charge in [0.15, 0.2) is 0 Å². The Hall–Kier alpha value is -1.21. The second-order valence-electron chi connectivity index (χ2n) is 3.93. The highest BCUT2D eigenvalue weighted by molar-refractivity contribution is 7.05. The number of hydrazine groups is 1. The summed E-state index contributed by atoms with van der Waals surface area (Å²) in [5.74, 6) is 6.30. The predicted molar refractivity (Wildman–Crippen MR) is 76.5 cm³/mol. The highest BCUT2D eigenvalue weighted by Crippen LogP contribution is 2.32. The number of hydrogen-bond acceptors (Lipinski definition) is 6. The van der Waals surface area contributed by atoms with Crippen molar-refractivity contribution < 1.29 is 4.74 Å². The molecule has 19 heavy (non-hydrogen) atoms. The van der Waals surface area contributed by atoms with Crippen molar-refractivity contribution in [3.8, 4) is 5.75 Å².